The molecule has 1 aromatic carbocycles. The number of carbonyl (C=O) groups is 3. The molecule has 29 heavy (non-hydrogen) atoms. The fourth-order valence-electron chi connectivity index (χ4n) is 2.17. The smallest absolute Gasteiger partial charge is 0.320 e. The Morgan fingerprint density at radius 1 is 1.07 bits per heavy atom. The molecule has 0 aromatic heterocycles. The SMILES string of the molecule is CS(=O)(=O)c1ccc([C@@H](OC(=O)CN)[C@@H](COC(=O)CN)NC(=O)C(Cl)Cl)cc1. The summed E-state index contributed by atoms with van der Waals surface area (Å²) < 4.78 is 33.5. The standard InChI is InChI=1S/C16H21Cl2N3O7S/c1-29(25,26)10-4-2-9(3-5-10)14(28-13(23)7-20)11(8-27-12(22)6-19)21-16(24)15(17)18/h2-5,11,14-15H,6-8,19-20H2,1H3,(H,21,24)/t11-,14-/m1/s1. The van der Waals surface area contributed by atoms with E-state index in [2.05, 4.69) is 5.32 Å². The van der Waals surface area contributed by atoms with E-state index in [1.807, 2.05) is 0 Å². The first kappa shape index (κ1) is 25.1. The van der Waals surface area contributed by atoms with Crippen LogP contribution in [0.25, 0.3) is 0 Å². The van der Waals surface area contributed by atoms with Crippen LogP contribution < -0.4 is 16.8 Å². The summed E-state index contributed by atoms with van der Waals surface area (Å²) in [5.41, 5.74) is 10.8. The van der Waals surface area contributed by atoms with Gasteiger partial charge < -0.3 is 26.3 Å². The molecule has 0 aliphatic rings. The molecule has 0 saturated carbocycles. The Morgan fingerprint density at radius 2 is 1.62 bits per heavy atom. The molecule has 10 nitrogen and oxygen atoms in total. The first-order valence-electron chi connectivity index (χ1n) is 8.13. The van der Waals surface area contributed by atoms with Gasteiger partial charge in [0.05, 0.1) is 18.0 Å². The molecule has 5 N–H and O–H groups in total. The summed E-state index contributed by atoms with van der Waals surface area (Å²) in [5.74, 6) is -2.42. The summed E-state index contributed by atoms with van der Waals surface area (Å²) >= 11 is 11.1. The highest BCUT2D eigenvalue weighted by atomic mass is 35.5. The second-order valence-electron chi connectivity index (χ2n) is 5.76. The third-order valence-corrected chi connectivity index (χ3v) is 5.07. The molecule has 1 aromatic rings. The minimum absolute atomic E-state index is 0.0295. The van der Waals surface area contributed by atoms with Crippen LogP contribution in [0.15, 0.2) is 29.2 Å². The lowest BCUT2D eigenvalue weighted by atomic mass is 10.0. The van der Waals surface area contributed by atoms with E-state index in [0.717, 1.165) is 6.26 Å². The second kappa shape index (κ2) is 11.3. The molecule has 0 aliphatic heterocycles. The van der Waals surface area contributed by atoms with Crippen molar-refractivity contribution in [3.63, 3.8) is 0 Å². The summed E-state index contributed by atoms with van der Waals surface area (Å²) in [6.45, 7) is -1.31. The predicted molar refractivity (Wildman–Crippen MR) is 105 cm³/mol. The molecule has 1 amide bonds. The zero-order valence-electron chi connectivity index (χ0n) is 15.3. The second-order valence-corrected chi connectivity index (χ2v) is 8.87. The van der Waals surface area contributed by atoms with Crippen LogP contribution in [0, 0.1) is 0 Å². The van der Waals surface area contributed by atoms with E-state index in [1.165, 1.54) is 24.3 Å². The van der Waals surface area contributed by atoms with Crippen LogP contribution in [-0.4, -0.2) is 63.1 Å². The first-order valence-corrected chi connectivity index (χ1v) is 10.9. The maximum Gasteiger partial charge on any atom is 0.320 e. The molecule has 0 unspecified atom stereocenters. The van der Waals surface area contributed by atoms with E-state index in [0.29, 0.717) is 5.56 Å². The van der Waals surface area contributed by atoms with Crippen molar-refractivity contribution in [1.82, 2.24) is 5.32 Å². The summed E-state index contributed by atoms with van der Waals surface area (Å²) in [6.07, 6.45) is -0.161. The van der Waals surface area contributed by atoms with Gasteiger partial charge in [-0.05, 0) is 17.7 Å². The number of sulfone groups is 1. The number of hydrogen-bond acceptors (Lipinski definition) is 9. The number of halogens is 2. The largest absolute Gasteiger partial charge is 0.462 e. The monoisotopic (exact) mass is 469 g/mol. The van der Waals surface area contributed by atoms with Gasteiger partial charge in [0.25, 0.3) is 5.91 Å². The number of ether oxygens (including phenoxy) is 2. The molecule has 2 atom stereocenters. The van der Waals surface area contributed by atoms with Gasteiger partial charge in [0.1, 0.15) is 12.6 Å². The number of benzene rings is 1. The molecule has 0 radical (unpaired) electrons. The number of nitrogens with one attached hydrogen (secondary N) is 1. The predicted octanol–water partition coefficient (Wildman–Crippen LogP) is -0.576. The van der Waals surface area contributed by atoms with Crippen LogP contribution in [0.3, 0.4) is 0 Å². The zero-order valence-corrected chi connectivity index (χ0v) is 17.7. The zero-order chi connectivity index (χ0) is 22.2. The molecule has 0 fully saturated rings. The average Bonchev–Trinajstić information content (AvgIpc) is 2.68. The molecule has 13 heteroatoms. The van der Waals surface area contributed by atoms with E-state index >= 15 is 0 Å². The molecule has 0 saturated heterocycles. The minimum atomic E-state index is -3.46. The Balaban J connectivity index is 3.29. The summed E-state index contributed by atoms with van der Waals surface area (Å²) in [4.78, 5) is 33.8. The lowest BCUT2D eigenvalue weighted by molar-refractivity contribution is -0.153. The Morgan fingerprint density at radius 3 is 2.07 bits per heavy atom. The van der Waals surface area contributed by atoms with Crippen LogP contribution in [0.5, 0.6) is 0 Å². The van der Waals surface area contributed by atoms with E-state index in [1.54, 1.807) is 0 Å². The molecule has 162 valence electrons. The molecule has 0 heterocycles. The van der Waals surface area contributed by atoms with Gasteiger partial charge in [0, 0.05) is 6.26 Å². The maximum absolute atomic E-state index is 12.0. The third kappa shape index (κ3) is 8.15. The summed E-state index contributed by atoms with van der Waals surface area (Å²) in [5, 5.41) is 2.41. The average molecular weight is 470 g/mol. The lowest BCUT2D eigenvalue weighted by Gasteiger charge is -2.28. The van der Waals surface area contributed by atoms with Crippen LogP contribution in [0.1, 0.15) is 11.7 Å². The van der Waals surface area contributed by atoms with Crippen molar-refractivity contribution in [1.29, 1.82) is 0 Å². The van der Waals surface area contributed by atoms with E-state index in [9.17, 15) is 22.8 Å². The topological polar surface area (TPSA) is 168 Å². The Hall–Kier alpha value is -1.92. The van der Waals surface area contributed by atoms with Gasteiger partial charge in [0.2, 0.25) is 0 Å². The third-order valence-electron chi connectivity index (χ3n) is 3.54. The fourth-order valence-corrected chi connectivity index (χ4v) is 2.93. The van der Waals surface area contributed by atoms with Crippen molar-refractivity contribution in [3.8, 4) is 0 Å². The van der Waals surface area contributed by atoms with Crippen molar-refractivity contribution >= 4 is 50.9 Å². The molecular weight excluding hydrogens is 449 g/mol. The molecule has 0 aliphatic carbocycles. The van der Waals surface area contributed by atoms with Crippen LogP contribution in [0.2, 0.25) is 0 Å². The molecule has 1 rings (SSSR count). The number of rotatable bonds is 10. The van der Waals surface area contributed by atoms with E-state index < -0.39 is 64.4 Å². The highest BCUT2D eigenvalue weighted by molar-refractivity contribution is 7.90. The molecular formula is C16H21Cl2N3O7S. The van der Waals surface area contributed by atoms with Gasteiger partial charge in [0.15, 0.2) is 20.8 Å². The van der Waals surface area contributed by atoms with Crippen LogP contribution >= 0.6 is 23.2 Å². The van der Waals surface area contributed by atoms with Gasteiger partial charge >= 0.3 is 11.9 Å². The highest BCUT2D eigenvalue weighted by Crippen LogP contribution is 2.24. The van der Waals surface area contributed by atoms with E-state index in [4.69, 9.17) is 44.1 Å². The minimum Gasteiger partial charge on any atom is -0.462 e. The van der Waals surface area contributed by atoms with Gasteiger partial charge in [-0.1, -0.05) is 35.3 Å². The van der Waals surface area contributed by atoms with Crippen molar-refractivity contribution < 1.29 is 32.3 Å². The first-order chi connectivity index (χ1) is 13.5. The van der Waals surface area contributed by atoms with Gasteiger partial charge in [-0.15, -0.1) is 0 Å². The number of alkyl halides is 2. The number of amides is 1. The quantitative estimate of drug-likeness (QED) is 0.299. The van der Waals surface area contributed by atoms with Crippen molar-refractivity contribution in [2.45, 2.75) is 21.9 Å². The maximum atomic E-state index is 12.0. The lowest BCUT2D eigenvalue weighted by Crippen LogP contribution is -2.46. The normalized spacial score (nSPS) is 13.4. The number of hydrogen-bond donors (Lipinski definition) is 3. The Bertz CT molecular complexity index is 831. The van der Waals surface area contributed by atoms with Crippen LogP contribution in [0.4, 0.5) is 0 Å². The Labute approximate surface area is 177 Å². The van der Waals surface area contributed by atoms with Crippen molar-refractivity contribution in [3.05, 3.63) is 29.8 Å². The van der Waals surface area contributed by atoms with Crippen molar-refractivity contribution in [2.24, 2.45) is 11.5 Å². The summed E-state index contributed by atoms with van der Waals surface area (Å²) in [7, 11) is -3.46. The Kier molecular flexibility index (Phi) is 9.80. The van der Waals surface area contributed by atoms with Gasteiger partial charge in [-0.3, -0.25) is 14.4 Å². The van der Waals surface area contributed by atoms with Crippen molar-refractivity contribution in [2.75, 3.05) is 26.0 Å². The van der Waals surface area contributed by atoms with Crippen LogP contribution in [-0.2, 0) is 33.7 Å². The highest BCUT2D eigenvalue weighted by Gasteiger charge is 2.31. The van der Waals surface area contributed by atoms with E-state index in [-0.39, 0.29) is 4.90 Å². The molecule has 0 bridgehead atoms. The fraction of sp³-hybridized carbons (Fsp3) is 0.438. The van der Waals surface area contributed by atoms with Gasteiger partial charge in [-0.2, -0.15) is 0 Å². The number of carbonyl (C=O) groups excluding carboxylic acids is 3. The number of esters is 2. The summed E-state index contributed by atoms with van der Waals surface area (Å²) in [6, 6.07) is 4.24. The molecule has 0 spiro atoms. The van der Waals surface area contributed by atoms with Gasteiger partial charge in [-0.25, -0.2) is 8.42 Å². The number of nitrogens with two attached hydrogens (primary N) is 2.